The fourth-order valence-corrected chi connectivity index (χ4v) is 2.41. The van der Waals surface area contributed by atoms with Gasteiger partial charge in [-0.05, 0) is 42.5 Å². The fraction of sp³-hybridized carbons (Fsp3) is 0.263. The fourth-order valence-electron chi connectivity index (χ4n) is 2.28. The Morgan fingerprint density at radius 2 is 1.69 bits per heavy atom. The Morgan fingerprint density at radius 3 is 2.46 bits per heavy atom. The summed E-state index contributed by atoms with van der Waals surface area (Å²) in [6.45, 7) is 0.436. The molecule has 0 saturated heterocycles. The second-order valence-electron chi connectivity index (χ2n) is 5.54. The standard InChI is InChI=1S/C19H17ClO6/c20-14-3-5-15(6-4-14)25-12-19(22)26-11-16(21)13-2-7-17-18(10-13)24-9-1-8-23-17/h2-7,10H,1,8-9,11-12H2. The summed E-state index contributed by atoms with van der Waals surface area (Å²) in [5.74, 6) is 0.641. The number of carbonyl (C=O) groups excluding carboxylic acids is 2. The van der Waals surface area contributed by atoms with Gasteiger partial charge in [-0.25, -0.2) is 4.79 Å². The summed E-state index contributed by atoms with van der Waals surface area (Å²) < 4.78 is 21.3. The first-order valence-corrected chi connectivity index (χ1v) is 8.46. The average molecular weight is 377 g/mol. The van der Waals surface area contributed by atoms with E-state index < -0.39 is 5.97 Å². The lowest BCUT2D eigenvalue weighted by atomic mass is 10.1. The molecule has 1 aliphatic heterocycles. The highest BCUT2D eigenvalue weighted by Crippen LogP contribution is 2.30. The number of halogens is 1. The molecule has 3 rings (SSSR count). The van der Waals surface area contributed by atoms with Crippen LogP contribution in [0.1, 0.15) is 16.8 Å². The highest BCUT2D eigenvalue weighted by molar-refractivity contribution is 6.30. The average Bonchev–Trinajstić information content (AvgIpc) is 2.90. The van der Waals surface area contributed by atoms with Gasteiger partial charge in [0, 0.05) is 17.0 Å². The van der Waals surface area contributed by atoms with Gasteiger partial charge in [0.1, 0.15) is 5.75 Å². The predicted molar refractivity (Wildman–Crippen MR) is 94.3 cm³/mol. The maximum absolute atomic E-state index is 12.2. The molecule has 2 aromatic rings. The Morgan fingerprint density at radius 1 is 0.962 bits per heavy atom. The molecule has 0 saturated carbocycles. The van der Waals surface area contributed by atoms with Crippen molar-refractivity contribution in [2.45, 2.75) is 6.42 Å². The zero-order valence-corrected chi connectivity index (χ0v) is 14.7. The maximum Gasteiger partial charge on any atom is 0.344 e. The molecule has 0 aliphatic carbocycles. The van der Waals surface area contributed by atoms with Crippen molar-refractivity contribution in [3.05, 3.63) is 53.1 Å². The lowest BCUT2D eigenvalue weighted by Gasteiger charge is -2.09. The molecule has 0 aromatic heterocycles. The third kappa shape index (κ3) is 4.89. The maximum atomic E-state index is 12.2. The molecule has 0 fully saturated rings. The number of fused-ring (bicyclic) bond motifs is 1. The van der Waals surface area contributed by atoms with E-state index in [0.717, 1.165) is 6.42 Å². The zero-order chi connectivity index (χ0) is 18.4. The normalized spacial score (nSPS) is 12.8. The van der Waals surface area contributed by atoms with Crippen molar-refractivity contribution in [2.24, 2.45) is 0 Å². The highest BCUT2D eigenvalue weighted by Gasteiger charge is 2.15. The lowest BCUT2D eigenvalue weighted by Crippen LogP contribution is -2.19. The molecular formula is C19H17ClO6. The van der Waals surface area contributed by atoms with Gasteiger partial charge >= 0.3 is 5.97 Å². The zero-order valence-electron chi connectivity index (χ0n) is 13.9. The van der Waals surface area contributed by atoms with Crippen LogP contribution in [-0.2, 0) is 9.53 Å². The second-order valence-corrected chi connectivity index (χ2v) is 5.97. The number of ketones is 1. The number of rotatable bonds is 6. The number of benzene rings is 2. The van der Waals surface area contributed by atoms with Crippen molar-refractivity contribution in [2.75, 3.05) is 26.4 Å². The lowest BCUT2D eigenvalue weighted by molar-refractivity contribution is -0.144. The number of hydrogen-bond acceptors (Lipinski definition) is 6. The molecular weight excluding hydrogens is 360 g/mol. The molecule has 26 heavy (non-hydrogen) atoms. The smallest absolute Gasteiger partial charge is 0.344 e. The van der Waals surface area contributed by atoms with E-state index in [1.165, 1.54) is 0 Å². The molecule has 2 aromatic carbocycles. The van der Waals surface area contributed by atoms with Crippen molar-refractivity contribution < 1.29 is 28.5 Å². The van der Waals surface area contributed by atoms with Crippen LogP contribution < -0.4 is 14.2 Å². The summed E-state index contributed by atoms with van der Waals surface area (Å²) in [6.07, 6.45) is 0.781. The van der Waals surface area contributed by atoms with Crippen LogP contribution in [0, 0.1) is 0 Å². The SMILES string of the molecule is O=C(COc1ccc(Cl)cc1)OCC(=O)c1ccc2c(c1)OCCCO2. The summed E-state index contributed by atoms with van der Waals surface area (Å²) >= 11 is 5.77. The van der Waals surface area contributed by atoms with Crippen molar-refractivity contribution in [3.8, 4) is 17.2 Å². The monoisotopic (exact) mass is 376 g/mol. The summed E-state index contributed by atoms with van der Waals surface area (Å²) in [7, 11) is 0. The molecule has 0 unspecified atom stereocenters. The van der Waals surface area contributed by atoms with Gasteiger partial charge in [-0.2, -0.15) is 0 Å². The largest absolute Gasteiger partial charge is 0.490 e. The van der Waals surface area contributed by atoms with E-state index >= 15 is 0 Å². The third-order valence-electron chi connectivity index (χ3n) is 3.60. The summed E-state index contributed by atoms with van der Waals surface area (Å²) in [5.41, 5.74) is 0.390. The van der Waals surface area contributed by atoms with Gasteiger partial charge in [-0.15, -0.1) is 0 Å². The van der Waals surface area contributed by atoms with Gasteiger partial charge in [0.05, 0.1) is 13.2 Å². The van der Waals surface area contributed by atoms with Crippen molar-refractivity contribution in [1.29, 1.82) is 0 Å². The molecule has 136 valence electrons. The number of esters is 1. The van der Waals surface area contributed by atoms with E-state index in [0.29, 0.717) is 41.0 Å². The molecule has 0 amide bonds. The number of carbonyl (C=O) groups is 2. The van der Waals surface area contributed by atoms with Crippen LogP contribution in [0.4, 0.5) is 0 Å². The predicted octanol–water partition coefficient (Wildman–Crippen LogP) is 3.31. The second kappa shape index (κ2) is 8.58. The first-order valence-electron chi connectivity index (χ1n) is 8.08. The molecule has 0 radical (unpaired) electrons. The van der Waals surface area contributed by atoms with Crippen LogP contribution in [0.3, 0.4) is 0 Å². The minimum absolute atomic E-state index is 0.296. The van der Waals surface area contributed by atoms with Crippen LogP contribution in [0.15, 0.2) is 42.5 Å². The van der Waals surface area contributed by atoms with Gasteiger partial charge < -0.3 is 18.9 Å². The first kappa shape index (κ1) is 18.1. The van der Waals surface area contributed by atoms with Crippen LogP contribution in [0.2, 0.25) is 5.02 Å². The van der Waals surface area contributed by atoms with Crippen molar-refractivity contribution in [3.63, 3.8) is 0 Å². The van der Waals surface area contributed by atoms with Gasteiger partial charge in [0.2, 0.25) is 0 Å². The van der Waals surface area contributed by atoms with E-state index in [2.05, 4.69) is 0 Å². The van der Waals surface area contributed by atoms with E-state index in [1.807, 2.05) is 0 Å². The van der Waals surface area contributed by atoms with Gasteiger partial charge in [-0.3, -0.25) is 4.79 Å². The molecule has 7 heteroatoms. The van der Waals surface area contributed by atoms with Gasteiger partial charge in [0.25, 0.3) is 0 Å². The molecule has 6 nitrogen and oxygen atoms in total. The quantitative estimate of drug-likeness (QED) is 0.569. The molecule has 0 atom stereocenters. The Hall–Kier alpha value is -2.73. The van der Waals surface area contributed by atoms with Crippen LogP contribution in [-0.4, -0.2) is 38.2 Å². The number of hydrogen-bond donors (Lipinski definition) is 0. The molecule has 0 N–H and O–H groups in total. The van der Waals surface area contributed by atoms with E-state index in [4.69, 9.17) is 30.5 Å². The summed E-state index contributed by atoms with van der Waals surface area (Å²) in [4.78, 5) is 23.9. The van der Waals surface area contributed by atoms with E-state index in [-0.39, 0.29) is 19.0 Å². The Bertz CT molecular complexity index is 787. The number of Topliss-reactive ketones (excluding diaryl/α,β-unsaturated/α-hetero) is 1. The van der Waals surface area contributed by atoms with Gasteiger partial charge in [0.15, 0.2) is 30.5 Å². The Kier molecular flexibility index (Phi) is 5.96. The summed E-state index contributed by atoms with van der Waals surface area (Å²) in [5, 5.41) is 0.570. The summed E-state index contributed by atoms with van der Waals surface area (Å²) in [6, 6.07) is 11.5. The molecule has 0 spiro atoms. The van der Waals surface area contributed by atoms with Crippen molar-refractivity contribution in [1.82, 2.24) is 0 Å². The minimum atomic E-state index is -0.636. The minimum Gasteiger partial charge on any atom is -0.490 e. The van der Waals surface area contributed by atoms with Crippen LogP contribution >= 0.6 is 11.6 Å². The number of ether oxygens (including phenoxy) is 4. The van der Waals surface area contributed by atoms with E-state index in [9.17, 15) is 9.59 Å². The Balaban J connectivity index is 1.49. The molecule has 1 aliphatic rings. The third-order valence-corrected chi connectivity index (χ3v) is 3.86. The molecule has 1 heterocycles. The van der Waals surface area contributed by atoms with E-state index in [1.54, 1.807) is 42.5 Å². The first-order chi connectivity index (χ1) is 12.6. The Labute approximate surface area is 155 Å². The van der Waals surface area contributed by atoms with Crippen LogP contribution in [0.5, 0.6) is 17.2 Å². The highest BCUT2D eigenvalue weighted by atomic mass is 35.5. The topological polar surface area (TPSA) is 71.1 Å². The van der Waals surface area contributed by atoms with Crippen molar-refractivity contribution >= 4 is 23.4 Å². The van der Waals surface area contributed by atoms with Crippen LogP contribution in [0.25, 0.3) is 0 Å². The van der Waals surface area contributed by atoms with Gasteiger partial charge in [-0.1, -0.05) is 11.6 Å². The molecule has 0 bridgehead atoms.